The van der Waals surface area contributed by atoms with Crippen LogP contribution < -0.4 is 0 Å². The lowest BCUT2D eigenvalue weighted by atomic mass is 10.1. The van der Waals surface area contributed by atoms with Crippen LogP contribution in [0.25, 0.3) is 5.69 Å². The molecule has 0 atom stereocenters. The summed E-state index contributed by atoms with van der Waals surface area (Å²) < 4.78 is 2.07. The molecular weight excluding hydrogens is 445 g/mol. The van der Waals surface area contributed by atoms with Gasteiger partial charge in [-0.2, -0.15) is 0 Å². The lowest BCUT2D eigenvalue weighted by Gasteiger charge is -2.11. The second kappa shape index (κ2) is 9.23. The molecule has 4 rings (SSSR count). The molecule has 0 aliphatic carbocycles. The van der Waals surface area contributed by atoms with Gasteiger partial charge in [0, 0.05) is 32.9 Å². The molecule has 0 bridgehead atoms. The monoisotopic (exact) mass is 459 g/mol. The molecule has 0 saturated carbocycles. The maximum atomic E-state index is 6.33. The van der Waals surface area contributed by atoms with Gasteiger partial charge in [0.1, 0.15) is 5.82 Å². The molecule has 0 spiro atoms. The van der Waals surface area contributed by atoms with Gasteiger partial charge in [0.15, 0.2) is 5.16 Å². The minimum Gasteiger partial charge on any atom is -0.274 e. The Kier molecular flexibility index (Phi) is 6.46. The Morgan fingerprint density at radius 3 is 2.24 bits per heavy atom. The first-order valence-electron chi connectivity index (χ1n) is 8.91. The molecule has 146 valence electrons. The van der Waals surface area contributed by atoms with Crippen molar-refractivity contribution < 1.29 is 0 Å². The zero-order chi connectivity index (χ0) is 20.2. The molecule has 1 aromatic heterocycles. The standard InChI is InChI=1S/C22H16Cl3N3S/c23-17-8-10-19(11-9-17)28-21(12-15-4-2-1-3-5-15)26-27-22(28)29-14-16-6-7-18(24)13-20(16)25/h1-11,13H,12,14H2. The number of hydrogen-bond acceptors (Lipinski definition) is 3. The number of halogens is 3. The number of aromatic nitrogens is 3. The second-order valence-electron chi connectivity index (χ2n) is 6.40. The average Bonchev–Trinajstić information content (AvgIpc) is 3.11. The summed E-state index contributed by atoms with van der Waals surface area (Å²) in [6, 6.07) is 23.4. The summed E-state index contributed by atoms with van der Waals surface area (Å²) in [5.41, 5.74) is 3.14. The molecule has 7 heteroatoms. The van der Waals surface area contributed by atoms with Gasteiger partial charge in [-0.1, -0.05) is 83.0 Å². The third-order valence-corrected chi connectivity index (χ3v) is 6.18. The Labute approximate surface area is 188 Å². The maximum absolute atomic E-state index is 6.33. The van der Waals surface area contributed by atoms with E-state index >= 15 is 0 Å². The Hall–Kier alpha value is -1.98. The summed E-state index contributed by atoms with van der Waals surface area (Å²) >= 11 is 20.0. The topological polar surface area (TPSA) is 30.7 Å². The molecule has 0 fully saturated rings. The van der Waals surface area contributed by atoms with Crippen molar-refractivity contribution in [3.8, 4) is 5.69 Å². The first kappa shape index (κ1) is 20.3. The van der Waals surface area contributed by atoms with Crippen molar-refractivity contribution in [1.29, 1.82) is 0 Å². The summed E-state index contributed by atoms with van der Waals surface area (Å²) in [7, 11) is 0. The van der Waals surface area contributed by atoms with Gasteiger partial charge in [0.25, 0.3) is 0 Å². The first-order chi connectivity index (χ1) is 14.1. The van der Waals surface area contributed by atoms with E-state index in [1.807, 2.05) is 54.6 Å². The summed E-state index contributed by atoms with van der Waals surface area (Å²) in [6.07, 6.45) is 0.679. The van der Waals surface area contributed by atoms with Crippen LogP contribution in [0.3, 0.4) is 0 Å². The smallest absolute Gasteiger partial charge is 0.196 e. The molecule has 29 heavy (non-hydrogen) atoms. The molecule has 0 unspecified atom stereocenters. The molecule has 0 radical (unpaired) electrons. The fraction of sp³-hybridized carbons (Fsp3) is 0.0909. The number of rotatable bonds is 6. The van der Waals surface area contributed by atoms with Crippen LogP contribution in [-0.4, -0.2) is 14.8 Å². The molecule has 4 aromatic rings. The predicted octanol–water partition coefficient (Wildman–Crippen LogP) is 7.11. The van der Waals surface area contributed by atoms with Crippen LogP contribution in [-0.2, 0) is 12.2 Å². The van der Waals surface area contributed by atoms with Crippen LogP contribution in [0.5, 0.6) is 0 Å². The number of nitrogens with zero attached hydrogens (tertiary/aromatic N) is 3. The second-order valence-corrected chi connectivity index (χ2v) is 8.62. The Bertz CT molecular complexity index is 1110. The van der Waals surface area contributed by atoms with Crippen LogP contribution in [0, 0.1) is 0 Å². The van der Waals surface area contributed by atoms with Crippen molar-refractivity contribution in [3.63, 3.8) is 0 Å². The van der Waals surface area contributed by atoms with E-state index in [2.05, 4.69) is 26.9 Å². The van der Waals surface area contributed by atoms with Gasteiger partial charge < -0.3 is 0 Å². The molecular formula is C22H16Cl3N3S. The van der Waals surface area contributed by atoms with Gasteiger partial charge in [-0.25, -0.2) is 0 Å². The van der Waals surface area contributed by atoms with Crippen molar-refractivity contribution in [2.75, 3.05) is 0 Å². The minimum atomic E-state index is 0.623. The molecule has 1 heterocycles. The highest BCUT2D eigenvalue weighted by atomic mass is 35.5. The van der Waals surface area contributed by atoms with E-state index in [9.17, 15) is 0 Å². The van der Waals surface area contributed by atoms with E-state index < -0.39 is 0 Å². The molecule has 0 aliphatic heterocycles. The Morgan fingerprint density at radius 1 is 0.793 bits per heavy atom. The van der Waals surface area contributed by atoms with Crippen LogP contribution in [0.1, 0.15) is 17.0 Å². The normalized spacial score (nSPS) is 11.0. The molecule has 3 nitrogen and oxygen atoms in total. The van der Waals surface area contributed by atoms with Crippen molar-refractivity contribution in [3.05, 3.63) is 105 Å². The summed E-state index contributed by atoms with van der Waals surface area (Å²) in [4.78, 5) is 0. The zero-order valence-electron chi connectivity index (χ0n) is 15.2. The third-order valence-electron chi connectivity index (χ3n) is 4.36. The van der Waals surface area contributed by atoms with Crippen molar-refractivity contribution in [1.82, 2.24) is 14.8 Å². The highest BCUT2D eigenvalue weighted by Gasteiger charge is 2.16. The van der Waals surface area contributed by atoms with Crippen molar-refractivity contribution >= 4 is 46.6 Å². The van der Waals surface area contributed by atoms with Crippen molar-refractivity contribution in [2.45, 2.75) is 17.3 Å². The average molecular weight is 461 g/mol. The van der Waals surface area contributed by atoms with Gasteiger partial charge in [-0.05, 0) is 47.5 Å². The van der Waals surface area contributed by atoms with Crippen LogP contribution in [0.15, 0.2) is 78.0 Å². The largest absolute Gasteiger partial charge is 0.274 e. The summed E-state index contributed by atoms with van der Waals surface area (Å²) in [5, 5.41) is 11.7. The number of benzene rings is 3. The van der Waals surface area contributed by atoms with E-state index in [-0.39, 0.29) is 0 Å². The third kappa shape index (κ3) is 4.96. The van der Waals surface area contributed by atoms with Gasteiger partial charge >= 0.3 is 0 Å². The van der Waals surface area contributed by atoms with Crippen LogP contribution in [0.2, 0.25) is 15.1 Å². The number of hydrogen-bond donors (Lipinski definition) is 0. The van der Waals surface area contributed by atoms with Gasteiger partial charge in [0.2, 0.25) is 0 Å². The quantitative estimate of drug-likeness (QED) is 0.287. The number of thioether (sulfide) groups is 1. The van der Waals surface area contributed by atoms with E-state index in [1.165, 1.54) is 5.56 Å². The van der Waals surface area contributed by atoms with Crippen LogP contribution in [0.4, 0.5) is 0 Å². The van der Waals surface area contributed by atoms with E-state index in [4.69, 9.17) is 34.8 Å². The lowest BCUT2D eigenvalue weighted by Crippen LogP contribution is -2.04. The van der Waals surface area contributed by atoms with Gasteiger partial charge in [-0.15, -0.1) is 10.2 Å². The Morgan fingerprint density at radius 2 is 1.52 bits per heavy atom. The minimum absolute atomic E-state index is 0.623. The fourth-order valence-electron chi connectivity index (χ4n) is 2.92. The molecule has 0 saturated heterocycles. The SMILES string of the molecule is Clc1ccc(-n2c(Cc3ccccc3)nnc2SCc2ccc(Cl)cc2Cl)cc1. The summed E-state index contributed by atoms with van der Waals surface area (Å²) in [5.74, 6) is 1.52. The van der Waals surface area contributed by atoms with Crippen molar-refractivity contribution in [2.24, 2.45) is 0 Å². The molecule has 3 aromatic carbocycles. The fourth-order valence-corrected chi connectivity index (χ4v) is 4.57. The molecule has 0 aliphatic rings. The zero-order valence-corrected chi connectivity index (χ0v) is 18.3. The Balaban J connectivity index is 1.66. The maximum Gasteiger partial charge on any atom is 0.196 e. The van der Waals surface area contributed by atoms with Crippen LogP contribution >= 0.6 is 46.6 Å². The highest BCUT2D eigenvalue weighted by molar-refractivity contribution is 7.98. The van der Waals surface area contributed by atoms with E-state index in [0.717, 1.165) is 22.2 Å². The van der Waals surface area contributed by atoms with Gasteiger partial charge in [-0.3, -0.25) is 4.57 Å². The molecule has 0 N–H and O–H groups in total. The first-order valence-corrected chi connectivity index (χ1v) is 11.0. The van der Waals surface area contributed by atoms with E-state index in [1.54, 1.807) is 17.8 Å². The lowest BCUT2D eigenvalue weighted by molar-refractivity contribution is 0.848. The predicted molar refractivity (Wildman–Crippen MR) is 122 cm³/mol. The summed E-state index contributed by atoms with van der Waals surface area (Å²) in [6.45, 7) is 0. The van der Waals surface area contributed by atoms with Gasteiger partial charge in [0.05, 0.1) is 0 Å². The van der Waals surface area contributed by atoms with E-state index in [0.29, 0.717) is 27.2 Å². The highest BCUT2D eigenvalue weighted by Crippen LogP contribution is 2.30. The molecule has 0 amide bonds.